The van der Waals surface area contributed by atoms with Gasteiger partial charge >= 0.3 is 0 Å². The second kappa shape index (κ2) is 3.81. The Hall–Kier alpha value is -0.960. The van der Waals surface area contributed by atoms with Gasteiger partial charge in [-0.3, -0.25) is 0 Å². The van der Waals surface area contributed by atoms with E-state index in [9.17, 15) is 8.78 Å². The molecule has 2 atom stereocenters. The molecule has 0 bridgehead atoms. The Morgan fingerprint density at radius 1 is 1.19 bits per heavy atom. The highest BCUT2D eigenvalue weighted by Crippen LogP contribution is 2.38. The van der Waals surface area contributed by atoms with Gasteiger partial charge in [0, 0.05) is 12.1 Å². The Balaban J connectivity index is 2.06. The molecule has 1 aliphatic heterocycles. The first-order valence-corrected chi connectivity index (χ1v) is 5.97. The number of halogens is 2. The van der Waals surface area contributed by atoms with Gasteiger partial charge in [0.15, 0.2) is 0 Å². The van der Waals surface area contributed by atoms with E-state index in [1.165, 1.54) is 6.07 Å². The van der Waals surface area contributed by atoms with E-state index in [-0.39, 0.29) is 5.82 Å². The predicted molar refractivity (Wildman–Crippen MR) is 58.4 cm³/mol. The SMILES string of the molecule is Fc1cc(F)c2c(c1)C1CCCN[C@@H]1CC2. The summed E-state index contributed by atoms with van der Waals surface area (Å²) in [6, 6.07) is 2.96. The van der Waals surface area contributed by atoms with Crippen molar-refractivity contribution in [2.45, 2.75) is 37.6 Å². The van der Waals surface area contributed by atoms with Crippen LogP contribution in [0.25, 0.3) is 0 Å². The third kappa shape index (κ3) is 1.54. The van der Waals surface area contributed by atoms with Crippen molar-refractivity contribution in [2.24, 2.45) is 0 Å². The van der Waals surface area contributed by atoms with Crippen LogP contribution in [0.2, 0.25) is 0 Å². The predicted octanol–water partition coefficient (Wildman–Crippen LogP) is 2.75. The smallest absolute Gasteiger partial charge is 0.129 e. The summed E-state index contributed by atoms with van der Waals surface area (Å²) in [7, 11) is 0. The Labute approximate surface area is 93.9 Å². The van der Waals surface area contributed by atoms with Gasteiger partial charge in [0.1, 0.15) is 11.6 Å². The van der Waals surface area contributed by atoms with Crippen molar-refractivity contribution in [1.82, 2.24) is 5.32 Å². The van der Waals surface area contributed by atoms with Gasteiger partial charge in [-0.2, -0.15) is 0 Å². The molecule has 0 amide bonds. The van der Waals surface area contributed by atoms with Crippen molar-refractivity contribution < 1.29 is 8.78 Å². The van der Waals surface area contributed by atoms with Gasteiger partial charge in [0.05, 0.1) is 0 Å². The molecule has 1 heterocycles. The normalized spacial score (nSPS) is 28.4. The minimum absolute atomic E-state index is 0.308. The van der Waals surface area contributed by atoms with Crippen LogP contribution in [0, 0.1) is 11.6 Å². The zero-order valence-electron chi connectivity index (χ0n) is 9.10. The van der Waals surface area contributed by atoms with Crippen LogP contribution in [0.3, 0.4) is 0 Å². The monoisotopic (exact) mass is 223 g/mol. The van der Waals surface area contributed by atoms with Gasteiger partial charge < -0.3 is 5.32 Å². The molecule has 1 aliphatic carbocycles. The first kappa shape index (κ1) is 10.2. The lowest BCUT2D eigenvalue weighted by atomic mass is 9.75. The van der Waals surface area contributed by atoms with Crippen LogP contribution < -0.4 is 5.32 Å². The topological polar surface area (TPSA) is 12.0 Å². The van der Waals surface area contributed by atoms with Gasteiger partial charge in [-0.25, -0.2) is 8.78 Å². The summed E-state index contributed by atoms with van der Waals surface area (Å²) in [5.41, 5.74) is 1.65. The molecular formula is C13H15F2N. The largest absolute Gasteiger partial charge is 0.313 e. The number of fused-ring (bicyclic) bond motifs is 3. The Morgan fingerprint density at radius 3 is 2.94 bits per heavy atom. The zero-order valence-corrected chi connectivity index (χ0v) is 9.10. The molecule has 2 aliphatic rings. The lowest BCUT2D eigenvalue weighted by Gasteiger charge is -2.38. The van der Waals surface area contributed by atoms with Crippen molar-refractivity contribution in [3.63, 3.8) is 0 Å². The van der Waals surface area contributed by atoms with E-state index in [4.69, 9.17) is 0 Å². The quantitative estimate of drug-likeness (QED) is 0.713. The third-order valence-electron chi connectivity index (χ3n) is 3.88. The van der Waals surface area contributed by atoms with Crippen molar-refractivity contribution >= 4 is 0 Å². The molecule has 0 radical (unpaired) electrons. The molecule has 3 rings (SSSR count). The molecule has 3 heteroatoms. The van der Waals surface area contributed by atoms with Crippen LogP contribution in [-0.4, -0.2) is 12.6 Å². The van der Waals surface area contributed by atoms with Gasteiger partial charge in [0.25, 0.3) is 0 Å². The maximum Gasteiger partial charge on any atom is 0.129 e. The zero-order chi connectivity index (χ0) is 11.1. The van der Waals surface area contributed by atoms with Crippen LogP contribution in [-0.2, 0) is 6.42 Å². The minimum atomic E-state index is -0.442. The summed E-state index contributed by atoms with van der Waals surface area (Å²) < 4.78 is 26.9. The first-order chi connectivity index (χ1) is 7.75. The Bertz CT molecular complexity index is 417. The second-order valence-corrected chi connectivity index (χ2v) is 4.80. The van der Waals surface area contributed by atoms with Gasteiger partial charge in [-0.1, -0.05) is 0 Å². The van der Waals surface area contributed by atoms with Crippen LogP contribution >= 0.6 is 0 Å². The summed E-state index contributed by atoms with van der Waals surface area (Å²) in [6.07, 6.45) is 3.85. The van der Waals surface area contributed by atoms with Crippen LogP contribution in [0.1, 0.15) is 36.3 Å². The molecule has 1 nitrogen and oxygen atoms in total. The van der Waals surface area contributed by atoms with E-state index in [0.29, 0.717) is 12.0 Å². The van der Waals surface area contributed by atoms with Gasteiger partial charge in [0.2, 0.25) is 0 Å². The average molecular weight is 223 g/mol. The highest BCUT2D eigenvalue weighted by molar-refractivity contribution is 5.36. The number of piperidine rings is 1. The van der Waals surface area contributed by atoms with Crippen molar-refractivity contribution in [1.29, 1.82) is 0 Å². The number of benzene rings is 1. The van der Waals surface area contributed by atoms with E-state index in [0.717, 1.165) is 49.4 Å². The first-order valence-electron chi connectivity index (χ1n) is 5.97. The fourth-order valence-corrected chi connectivity index (χ4v) is 3.15. The summed E-state index contributed by atoms with van der Waals surface area (Å²) >= 11 is 0. The standard InChI is InChI=1S/C13H15F2N/c14-8-6-11-9(12(15)7-8)3-4-13-10(11)2-1-5-16-13/h6-7,10,13,16H,1-5H2/t10?,13-/m1/s1. The fourth-order valence-electron chi connectivity index (χ4n) is 3.15. The number of hydrogen-bond acceptors (Lipinski definition) is 1. The van der Waals surface area contributed by atoms with Crippen LogP contribution in [0.15, 0.2) is 12.1 Å². The van der Waals surface area contributed by atoms with E-state index >= 15 is 0 Å². The molecule has 1 unspecified atom stereocenters. The molecule has 16 heavy (non-hydrogen) atoms. The van der Waals surface area contributed by atoms with Gasteiger partial charge in [-0.15, -0.1) is 0 Å². The molecular weight excluding hydrogens is 208 g/mol. The maximum absolute atomic E-state index is 13.6. The Kier molecular flexibility index (Phi) is 2.43. The summed E-state index contributed by atoms with van der Waals surface area (Å²) in [5, 5.41) is 3.46. The molecule has 0 aromatic heterocycles. The molecule has 86 valence electrons. The summed E-state index contributed by atoms with van der Waals surface area (Å²) in [6.45, 7) is 1.04. The van der Waals surface area contributed by atoms with Crippen LogP contribution in [0.4, 0.5) is 8.78 Å². The molecule has 1 saturated heterocycles. The van der Waals surface area contributed by atoms with E-state index < -0.39 is 5.82 Å². The molecule has 1 aromatic rings. The van der Waals surface area contributed by atoms with Crippen molar-refractivity contribution in [3.05, 3.63) is 34.9 Å². The van der Waals surface area contributed by atoms with Crippen molar-refractivity contribution in [3.8, 4) is 0 Å². The molecule has 0 saturated carbocycles. The molecule has 1 aromatic carbocycles. The summed E-state index contributed by atoms with van der Waals surface area (Å²) in [4.78, 5) is 0. The van der Waals surface area contributed by atoms with E-state index in [1.54, 1.807) is 0 Å². The molecule has 1 N–H and O–H groups in total. The molecule has 1 fully saturated rings. The highest BCUT2D eigenvalue weighted by Gasteiger charge is 2.32. The number of rotatable bonds is 0. The number of nitrogens with one attached hydrogen (secondary N) is 1. The third-order valence-corrected chi connectivity index (χ3v) is 3.88. The highest BCUT2D eigenvalue weighted by atomic mass is 19.1. The molecule has 0 spiro atoms. The lowest BCUT2D eigenvalue weighted by molar-refractivity contribution is 0.315. The Morgan fingerprint density at radius 2 is 2.06 bits per heavy atom. The lowest BCUT2D eigenvalue weighted by Crippen LogP contribution is -2.42. The maximum atomic E-state index is 13.6. The minimum Gasteiger partial charge on any atom is -0.313 e. The average Bonchev–Trinajstić information content (AvgIpc) is 2.28. The number of hydrogen-bond donors (Lipinski definition) is 1. The van der Waals surface area contributed by atoms with Crippen LogP contribution in [0.5, 0.6) is 0 Å². The van der Waals surface area contributed by atoms with E-state index in [1.807, 2.05) is 0 Å². The summed E-state index contributed by atoms with van der Waals surface area (Å²) in [5.74, 6) is -0.496. The van der Waals surface area contributed by atoms with Gasteiger partial charge in [-0.05, 0) is 55.3 Å². The second-order valence-electron chi connectivity index (χ2n) is 4.80. The van der Waals surface area contributed by atoms with Crippen molar-refractivity contribution in [2.75, 3.05) is 6.54 Å². The van der Waals surface area contributed by atoms with E-state index in [2.05, 4.69) is 5.32 Å². The fraction of sp³-hybridized carbons (Fsp3) is 0.538.